The van der Waals surface area contributed by atoms with E-state index < -0.39 is 12.1 Å². The summed E-state index contributed by atoms with van der Waals surface area (Å²) in [4.78, 5) is 24.4. The summed E-state index contributed by atoms with van der Waals surface area (Å²) in [5.74, 6) is -0.0969. The van der Waals surface area contributed by atoms with Crippen molar-refractivity contribution in [3.8, 4) is 0 Å². The molecule has 1 amide bonds. The molecule has 6 nitrogen and oxygen atoms in total. The van der Waals surface area contributed by atoms with Gasteiger partial charge in [0.05, 0.1) is 25.4 Å². The van der Waals surface area contributed by atoms with E-state index in [4.69, 9.17) is 4.74 Å². The van der Waals surface area contributed by atoms with E-state index in [1.807, 2.05) is 0 Å². The van der Waals surface area contributed by atoms with E-state index in [0.717, 1.165) is 57.8 Å². The Bertz CT molecular complexity index is 787. The van der Waals surface area contributed by atoms with Crippen molar-refractivity contribution in [2.24, 2.45) is 0 Å². The molecule has 2 atom stereocenters. The minimum atomic E-state index is -0.680. The summed E-state index contributed by atoms with van der Waals surface area (Å²) in [6.07, 6.45) is 47.3. The van der Waals surface area contributed by atoms with Crippen molar-refractivity contribution in [1.29, 1.82) is 0 Å². The Labute approximate surface area is 329 Å². The van der Waals surface area contributed by atoms with E-state index in [-0.39, 0.29) is 18.5 Å². The molecule has 314 valence electrons. The number of ether oxygens (including phenoxy) is 1. The number of aliphatic hydroxyl groups is 2. The Morgan fingerprint density at radius 2 is 0.887 bits per heavy atom. The fourth-order valence-corrected chi connectivity index (χ4v) is 7.16. The normalized spacial score (nSPS) is 12.8. The zero-order chi connectivity index (χ0) is 38.7. The first-order chi connectivity index (χ1) is 26.0. The summed E-state index contributed by atoms with van der Waals surface area (Å²) in [5.41, 5.74) is 0. The second-order valence-electron chi connectivity index (χ2n) is 16.1. The number of allylic oxidation sites excluding steroid dienone is 2. The number of amides is 1. The lowest BCUT2D eigenvalue weighted by atomic mass is 10.0. The number of nitrogens with one attached hydrogen (secondary N) is 1. The molecule has 0 radical (unpaired) electrons. The van der Waals surface area contributed by atoms with E-state index in [0.29, 0.717) is 25.9 Å². The number of unbranched alkanes of at least 4 members (excludes halogenated alkanes) is 30. The first kappa shape index (κ1) is 51.6. The third-order valence-electron chi connectivity index (χ3n) is 10.8. The average molecular weight is 750 g/mol. The Balaban J connectivity index is 3.49. The van der Waals surface area contributed by atoms with Crippen molar-refractivity contribution in [1.82, 2.24) is 5.32 Å². The van der Waals surface area contributed by atoms with Crippen LogP contribution in [0.25, 0.3) is 0 Å². The maximum Gasteiger partial charge on any atom is 0.305 e. The van der Waals surface area contributed by atoms with Gasteiger partial charge in [-0.05, 0) is 51.4 Å². The quantitative estimate of drug-likeness (QED) is 0.0328. The molecule has 0 aliphatic rings. The molecule has 0 aliphatic carbocycles. The second kappa shape index (κ2) is 43.3. The highest BCUT2D eigenvalue weighted by atomic mass is 16.5. The van der Waals surface area contributed by atoms with Gasteiger partial charge >= 0.3 is 5.97 Å². The van der Waals surface area contributed by atoms with Gasteiger partial charge in [0.2, 0.25) is 5.91 Å². The van der Waals surface area contributed by atoms with Crippen LogP contribution in [0.3, 0.4) is 0 Å². The predicted molar refractivity (Wildman–Crippen MR) is 227 cm³/mol. The zero-order valence-corrected chi connectivity index (χ0v) is 35.5. The number of hydrogen-bond acceptors (Lipinski definition) is 5. The van der Waals surface area contributed by atoms with Gasteiger partial charge in [0.1, 0.15) is 0 Å². The van der Waals surface area contributed by atoms with Crippen LogP contribution in [0.2, 0.25) is 0 Å². The molecule has 0 rings (SSSR count). The zero-order valence-electron chi connectivity index (χ0n) is 35.5. The molecule has 0 fully saturated rings. The van der Waals surface area contributed by atoms with Crippen molar-refractivity contribution < 1.29 is 24.5 Å². The third kappa shape index (κ3) is 40.1. The van der Waals surface area contributed by atoms with Crippen LogP contribution in [0.1, 0.15) is 251 Å². The van der Waals surface area contributed by atoms with Crippen molar-refractivity contribution in [3.63, 3.8) is 0 Å². The molecule has 3 N–H and O–H groups in total. The van der Waals surface area contributed by atoms with Crippen LogP contribution in [0.4, 0.5) is 0 Å². The largest absolute Gasteiger partial charge is 0.466 e. The van der Waals surface area contributed by atoms with E-state index in [2.05, 4.69) is 31.3 Å². The predicted octanol–water partition coefficient (Wildman–Crippen LogP) is 13.4. The molecule has 0 bridgehead atoms. The Morgan fingerprint density at radius 3 is 1.34 bits per heavy atom. The molecule has 53 heavy (non-hydrogen) atoms. The summed E-state index contributed by atoms with van der Waals surface area (Å²) >= 11 is 0. The van der Waals surface area contributed by atoms with Crippen LogP contribution in [0, 0.1) is 0 Å². The Hall–Kier alpha value is -1.40. The van der Waals surface area contributed by atoms with Gasteiger partial charge in [-0.3, -0.25) is 9.59 Å². The molecule has 0 spiro atoms. The van der Waals surface area contributed by atoms with Crippen molar-refractivity contribution >= 4 is 11.9 Å². The first-order valence-electron chi connectivity index (χ1n) is 23.4. The maximum absolute atomic E-state index is 12.4. The number of hydrogen-bond donors (Lipinski definition) is 3. The summed E-state index contributed by atoms with van der Waals surface area (Å²) in [6, 6.07) is -0.560. The van der Waals surface area contributed by atoms with Crippen molar-refractivity contribution in [3.05, 3.63) is 12.2 Å². The summed E-state index contributed by atoms with van der Waals surface area (Å²) in [5, 5.41) is 23.1. The Morgan fingerprint density at radius 1 is 0.509 bits per heavy atom. The van der Waals surface area contributed by atoms with Crippen LogP contribution in [0.5, 0.6) is 0 Å². The Kier molecular flexibility index (Phi) is 42.2. The molecule has 2 unspecified atom stereocenters. The van der Waals surface area contributed by atoms with Crippen molar-refractivity contribution in [2.45, 2.75) is 264 Å². The molecule has 0 saturated carbocycles. The topological polar surface area (TPSA) is 95.9 Å². The number of carbonyl (C=O) groups is 2. The van der Waals surface area contributed by atoms with Crippen LogP contribution in [0.15, 0.2) is 12.2 Å². The molecule has 0 aromatic carbocycles. The fourth-order valence-electron chi connectivity index (χ4n) is 7.16. The van der Waals surface area contributed by atoms with E-state index >= 15 is 0 Å². The van der Waals surface area contributed by atoms with Gasteiger partial charge in [-0.15, -0.1) is 0 Å². The lowest BCUT2D eigenvalue weighted by Crippen LogP contribution is -2.45. The molecule has 0 aliphatic heterocycles. The highest BCUT2D eigenvalue weighted by Crippen LogP contribution is 2.15. The summed E-state index contributed by atoms with van der Waals surface area (Å²) in [7, 11) is 0. The second-order valence-corrected chi connectivity index (χ2v) is 16.1. The lowest BCUT2D eigenvalue weighted by molar-refractivity contribution is -0.143. The standard InChI is InChI=1S/C47H91NO5/c1-3-5-7-9-11-13-15-17-18-19-21-25-29-33-37-41-47(52)53-42-38-34-30-26-22-24-28-32-36-40-46(51)48-44(43-49)45(50)39-35-31-27-23-20-16-14-12-10-8-6-4-2/h17-18,44-45,49-50H,3-16,19-43H2,1-2H3,(H,48,51)/b18-17-. The smallest absolute Gasteiger partial charge is 0.305 e. The van der Waals surface area contributed by atoms with Gasteiger partial charge in [-0.2, -0.15) is 0 Å². The number of aliphatic hydroxyl groups excluding tert-OH is 2. The van der Waals surface area contributed by atoms with Crippen molar-refractivity contribution in [2.75, 3.05) is 13.2 Å². The molecule has 6 heteroatoms. The van der Waals surface area contributed by atoms with E-state index in [1.54, 1.807) is 0 Å². The van der Waals surface area contributed by atoms with E-state index in [9.17, 15) is 19.8 Å². The van der Waals surface area contributed by atoms with Gasteiger partial charge < -0.3 is 20.3 Å². The number of rotatable bonds is 43. The third-order valence-corrected chi connectivity index (χ3v) is 10.8. The molecule has 0 heterocycles. The number of carbonyl (C=O) groups excluding carboxylic acids is 2. The molecule has 0 saturated heterocycles. The fraction of sp³-hybridized carbons (Fsp3) is 0.915. The average Bonchev–Trinajstić information content (AvgIpc) is 3.16. The molecule has 0 aromatic heterocycles. The van der Waals surface area contributed by atoms with Gasteiger partial charge in [0.25, 0.3) is 0 Å². The molecular weight excluding hydrogens is 659 g/mol. The van der Waals surface area contributed by atoms with Crippen LogP contribution in [-0.4, -0.2) is 47.4 Å². The molecule has 0 aromatic rings. The van der Waals surface area contributed by atoms with Crippen LogP contribution < -0.4 is 5.32 Å². The monoisotopic (exact) mass is 750 g/mol. The van der Waals surface area contributed by atoms with Gasteiger partial charge in [-0.1, -0.05) is 199 Å². The summed E-state index contributed by atoms with van der Waals surface area (Å²) < 4.78 is 5.44. The van der Waals surface area contributed by atoms with Gasteiger partial charge in [-0.25, -0.2) is 0 Å². The number of esters is 1. The highest BCUT2D eigenvalue weighted by molar-refractivity contribution is 5.76. The van der Waals surface area contributed by atoms with Gasteiger partial charge in [0.15, 0.2) is 0 Å². The SMILES string of the molecule is CCCCCCCC/C=C\CCCCCCCC(=O)OCCCCCCCCCCCC(=O)NC(CO)C(O)CCCCCCCCCCCCCC. The van der Waals surface area contributed by atoms with Crippen LogP contribution in [-0.2, 0) is 14.3 Å². The minimum Gasteiger partial charge on any atom is -0.466 e. The highest BCUT2D eigenvalue weighted by Gasteiger charge is 2.20. The maximum atomic E-state index is 12.4. The summed E-state index contributed by atoms with van der Waals surface area (Å²) in [6.45, 7) is 4.87. The lowest BCUT2D eigenvalue weighted by Gasteiger charge is -2.22. The minimum absolute atomic E-state index is 0.0332. The van der Waals surface area contributed by atoms with Crippen LogP contribution >= 0.6 is 0 Å². The molecular formula is C47H91NO5. The van der Waals surface area contributed by atoms with E-state index in [1.165, 1.54) is 161 Å². The first-order valence-corrected chi connectivity index (χ1v) is 23.4. The van der Waals surface area contributed by atoms with Gasteiger partial charge in [0, 0.05) is 12.8 Å².